The van der Waals surface area contributed by atoms with Crippen LogP contribution in [0.15, 0.2) is 24.3 Å². The Labute approximate surface area is 139 Å². The zero-order valence-corrected chi connectivity index (χ0v) is 14.7. The molecule has 1 unspecified atom stereocenters. The molecule has 2 heterocycles. The molecule has 3 rings (SSSR count). The number of nitrogens with zero attached hydrogens (tertiary/aromatic N) is 3. The van der Waals surface area contributed by atoms with E-state index in [1.54, 1.807) is 11.9 Å². The number of amides is 1. The van der Waals surface area contributed by atoms with Crippen molar-refractivity contribution in [2.75, 3.05) is 31.3 Å². The van der Waals surface area contributed by atoms with Crippen molar-refractivity contribution >= 4 is 42.6 Å². The smallest absolute Gasteiger partial charge is 0.232 e. The van der Waals surface area contributed by atoms with Crippen LogP contribution in [-0.2, 0) is 14.8 Å². The van der Waals surface area contributed by atoms with Gasteiger partial charge in [0.25, 0.3) is 0 Å². The van der Waals surface area contributed by atoms with Gasteiger partial charge >= 0.3 is 0 Å². The first-order valence-corrected chi connectivity index (χ1v) is 10.1. The molecule has 8 heteroatoms. The number of piperidine rings is 1. The molecule has 0 radical (unpaired) electrons. The summed E-state index contributed by atoms with van der Waals surface area (Å²) in [7, 11) is -1.55. The highest BCUT2D eigenvalue weighted by Crippen LogP contribution is 2.30. The summed E-state index contributed by atoms with van der Waals surface area (Å²) in [5.74, 6) is -0.382. The van der Waals surface area contributed by atoms with E-state index in [2.05, 4.69) is 4.98 Å². The van der Waals surface area contributed by atoms with Gasteiger partial charge in [0.1, 0.15) is 0 Å². The zero-order valence-electron chi connectivity index (χ0n) is 13.1. The second-order valence-corrected chi connectivity index (χ2v) is 8.81. The van der Waals surface area contributed by atoms with Crippen LogP contribution in [-0.4, -0.2) is 50.0 Å². The lowest BCUT2D eigenvalue weighted by molar-refractivity contribution is -0.123. The number of anilines is 1. The number of hydrogen-bond donors (Lipinski definition) is 0. The summed E-state index contributed by atoms with van der Waals surface area (Å²) in [6.07, 6.45) is 2.61. The van der Waals surface area contributed by atoms with Crippen LogP contribution in [0, 0.1) is 5.92 Å². The summed E-state index contributed by atoms with van der Waals surface area (Å²) in [4.78, 5) is 18.8. The summed E-state index contributed by atoms with van der Waals surface area (Å²) in [6, 6.07) is 7.75. The van der Waals surface area contributed by atoms with Gasteiger partial charge in [0.2, 0.25) is 15.9 Å². The van der Waals surface area contributed by atoms with E-state index in [1.807, 2.05) is 24.3 Å². The Hall–Kier alpha value is -1.51. The number of fused-ring (bicyclic) bond motifs is 1. The molecule has 2 aromatic rings. The van der Waals surface area contributed by atoms with Crippen molar-refractivity contribution in [1.82, 2.24) is 9.29 Å². The Kier molecular flexibility index (Phi) is 4.39. The van der Waals surface area contributed by atoms with Gasteiger partial charge in [-0.25, -0.2) is 17.7 Å². The number of rotatable bonds is 3. The average molecular weight is 353 g/mol. The molecule has 124 valence electrons. The topological polar surface area (TPSA) is 70.6 Å². The van der Waals surface area contributed by atoms with Crippen LogP contribution < -0.4 is 4.90 Å². The highest BCUT2D eigenvalue weighted by Gasteiger charge is 2.32. The largest absolute Gasteiger partial charge is 0.291 e. The first-order chi connectivity index (χ1) is 10.9. The summed E-state index contributed by atoms with van der Waals surface area (Å²) >= 11 is 1.47. The molecule has 0 aliphatic carbocycles. The molecule has 1 atom stereocenters. The van der Waals surface area contributed by atoms with E-state index in [-0.39, 0.29) is 18.4 Å². The van der Waals surface area contributed by atoms with E-state index in [4.69, 9.17) is 0 Å². The predicted molar refractivity (Wildman–Crippen MR) is 92.2 cm³/mol. The highest BCUT2D eigenvalue weighted by molar-refractivity contribution is 7.88. The molecule has 1 aromatic carbocycles. The molecule has 0 bridgehead atoms. The molecule has 1 aliphatic heterocycles. The minimum absolute atomic E-state index is 0.0718. The number of carbonyl (C=O) groups is 1. The number of aromatic nitrogens is 1. The quantitative estimate of drug-likeness (QED) is 0.845. The van der Waals surface area contributed by atoms with Crippen LogP contribution in [0.2, 0.25) is 0 Å². The van der Waals surface area contributed by atoms with E-state index >= 15 is 0 Å². The van der Waals surface area contributed by atoms with Crippen LogP contribution in [0.5, 0.6) is 0 Å². The number of benzene rings is 1. The van der Waals surface area contributed by atoms with Crippen LogP contribution in [0.1, 0.15) is 12.8 Å². The maximum Gasteiger partial charge on any atom is 0.232 e. The highest BCUT2D eigenvalue weighted by atomic mass is 32.2. The second-order valence-electron chi connectivity index (χ2n) is 5.82. The monoisotopic (exact) mass is 353 g/mol. The number of para-hydroxylation sites is 1. The van der Waals surface area contributed by atoms with Crippen molar-refractivity contribution in [2.24, 2.45) is 5.92 Å². The van der Waals surface area contributed by atoms with Crippen molar-refractivity contribution in [2.45, 2.75) is 12.8 Å². The Bertz CT molecular complexity index is 798. The molecule has 0 saturated carbocycles. The predicted octanol–water partition coefficient (Wildman–Crippen LogP) is 1.93. The zero-order chi connectivity index (χ0) is 16.6. The fourth-order valence-electron chi connectivity index (χ4n) is 2.82. The lowest BCUT2D eigenvalue weighted by Crippen LogP contribution is -2.45. The van der Waals surface area contributed by atoms with Gasteiger partial charge in [0, 0.05) is 20.1 Å². The minimum Gasteiger partial charge on any atom is -0.291 e. The Morgan fingerprint density at radius 3 is 2.83 bits per heavy atom. The Morgan fingerprint density at radius 1 is 1.39 bits per heavy atom. The van der Waals surface area contributed by atoms with Crippen molar-refractivity contribution < 1.29 is 13.2 Å². The molecule has 0 spiro atoms. The number of thiazole rings is 1. The standard InChI is InChI=1S/C15H19N3O3S2/c1-17(15-16-12-7-3-4-8-13(12)22-15)14(19)11-6-5-9-18(10-11)23(2,20)21/h3-4,7-8,11H,5-6,9-10H2,1-2H3. The normalized spacial score (nSPS) is 19.8. The Morgan fingerprint density at radius 2 is 2.13 bits per heavy atom. The van der Waals surface area contributed by atoms with Gasteiger partial charge in [-0.3, -0.25) is 9.69 Å². The van der Waals surface area contributed by atoms with Gasteiger partial charge in [0.15, 0.2) is 5.13 Å². The SMILES string of the molecule is CN(C(=O)C1CCCN(S(C)(=O)=O)C1)c1nc2ccccc2s1. The van der Waals surface area contributed by atoms with Gasteiger partial charge in [-0.05, 0) is 25.0 Å². The fraction of sp³-hybridized carbons (Fsp3) is 0.467. The van der Waals surface area contributed by atoms with Crippen LogP contribution in [0.25, 0.3) is 10.2 Å². The second kappa shape index (κ2) is 6.18. The summed E-state index contributed by atoms with van der Waals surface area (Å²) in [5, 5.41) is 0.646. The minimum atomic E-state index is -3.25. The van der Waals surface area contributed by atoms with Crippen LogP contribution >= 0.6 is 11.3 Å². The lowest BCUT2D eigenvalue weighted by atomic mass is 9.98. The fourth-order valence-corrected chi connectivity index (χ4v) is 4.66. The van der Waals surface area contributed by atoms with E-state index < -0.39 is 10.0 Å². The van der Waals surface area contributed by atoms with Gasteiger partial charge in [-0.2, -0.15) is 0 Å². The molecule has 1 amide bonds. The van der Waals surface area contributed by atoms with Gasteiger partial charge < -0.3 is 0 Å². The van der Waals surface area contributed by atoms with Crippen LogP contribution in [0.3, 0.4) is 0 Å². The lowest BCUT2D eigenvalue weighted by Gasteiger charge is -2.31. The van der Waals surface area contributed by atoms with Gasteiger partial charge in [-0.15, -0.1) is 0 Å². The summed E-state index contributed by atoms with van der Waals surface area (Å²) in [6.45, 7) is 0.750. The molecular formula is C15H19N3O3S2. The molecule has 1 saturated heterocycles. The third kappa shape index (κ3) is 3.39. The summed E-state index contributed by atoms with van der Waals surface area (Å²) in [5.41, 5.74) is 0.869. The van der Waals surface area contributed by atoms with Crippen molar-refractivity contribution in [3.05, 3.63) is 24.3 Å². The van der Waals surface area contributed by atoms with Crippen LogP contribution in [0.4, 0.5) is 5.13 Å². The van der Waals surface area contributed by atoms with Crippen molar-refractivity contribution in [3.63, 3.8) is 0 Å². The van der Waals surface area contributed by atoms with Gasteiger partial charge in [-0.1, -0.05) is 23.5 Å². The molecule has 1 aromatic heterocycles. The van der Waals surface area contributed by atoms with E-state index in [9.17, 15) is 13.2 Å². The van der Waals surface area contributed by atoms with Crippen molar-refractivity contribution in [3.8, 4) is 0 Å². The first kappa shape index (κ1) is 16.4. The molecule has 0 N–H and O–H groups in total. The molecule has 1 aliphatic rings. The van der Waals surface area contributed by atoms with E-state index in [0.717, 1.165) is 10.2 Å². The molecular weight excluding hydrogens is 334 g/mol. The number of hydrogen-bond acceptors (Lipinski definition) is 5. The Balaban J connectivity index is 1.79. The summed E-state index contributed by atoms with van der Waals surface area (Å²) < 4.78 is 25.8. The molecule has 23 heavy (non-hydrogen) atoms. The van der Waals surface area contributed by atoms with Crippen molar-refractivity contribution in [1.29, 1.82) is 0 Å². The molecule has 1 fully saturated rings. The third-order valence-electron chi connectivity index (χ3n) is 4.10. The average Bonchev–Trinajstić information content (AvgIpc) is 2.97. The first-order valence-electron chi connectivity index (χ1n) is 7.44. The van der Waals surface area contributed by atoms with E-state index in [1.165, 1.54) is 21.9 Å². The van der Waals surface area contributed by atoms with E-state index in [0.29, 0.717) is 24.5 Å². The number of sulfonamides is 1. The number of carbonyl (C=O) groups excluding carboxylic acids is 1. The van der Waals surface area contributed by atoms with Gasteiger partial charge in [0.05, 0.1) is 22.4 Å². The maximum atomic E-state index is 12.7. The maximum absolute atomic E-state index is 12.7. The third-order valence-corrected chi connectivity index (χ3v) is 6.49. The molecule has 6 nitrogen and oxygen atoms in total.